The van der Waals surface area contributed by atoms with Gasteiger partial charge in [-0.05, 0) is 56.0 Å². The molecule has 1 atom stereocenters. The molecule has 2 amide bonds. The standard InChI is InChI=1S/C25H27ClN4O2/c1-15(2)13-14-30-17(4)21(22(27-25(30)31)18-7-5-16(3)6-8-18)24-28-23(29-32-24)19-9-11-20(26)12-10-19/h5-12,15,22H,13-14H2,1-4H3,(H,27,31). The highest BCUT2D eigenvalue weighted by molar-refractivity contribution is 6.30. The van der Waals surface area contributed by atoms with E-state index in [1.54, 1.807) is 17.0 Å². The van der Waals surface area contributed by atoms with Gasteiger partial charge in [0.2, 0.25) is 5.82 Å². The average molecular weight is 451 g/mol. The smallest absolute Gasteiger partial charge is 0.322 e. The lowest BCUT2D eigenvalue weighted by Crippen LogP contribution is -2.46. The lowest BCUT2D eigenvalue weighted by Gasteiger charge is -2.35. The molecule has 32 heavy (non-hydrogen) atoms. The Kier molecular flexibility index (Phi) is 6.33. The van der Waals surface area contributed by atoms with E-state index in [0.717, 1.165) is 34.4 Å². The highest BCUT2D eigenvalue weighted by Gasteiger charge is 2.35. The van der Waals surface area contributed by atoms with E-state index in [4.69, 9.17) is 16.1 Å². The second-order valence-corrected chi connectivity index (χ2v) is 8.99. The number of hydrogen-bond donors (Lipinski definition) is 1. The average Bonchev–Trinajstić information content (AvgIpc) is 3.23. The van der Waals surface area contributed by atoms with Crippen molar-refractivity contribution >= 4 is 23.2 Å². The molecule has 4 rings (SSSR count). The summed E-state index contributed by atoms with van der Waals surface area (Å²) in [5, 5.41) is 7.98. The summed E-state index contributed by atoms with van der Waals surface area (Å²) >= 11 is 6.01. The first kappa shape index (κ1) is 22.1. The zero-order valence-electron chi connectivity index (χ0n) is 18.7. The molecule has 0 fully saturated rings. The zero-order chi connectivity index (χ0) is 22.8. The van der Waals surface area contributed by atoms with Gasteiger partial charge in [0.25, 0.3) is 5.89 Å². The van der Waals surface area contributed by atoms with Crippen molar-refractivity contribution in [1.82, 2.24) is 20.4 Å². The number of hydrogen-bond acceptors (Lipinski definition) is 4. The van der Waals surface area contributed by atoms with E-state index in [0.29, 0.717) is 29.2 Å². The number of amides is 2. The molecule has 1 unspecified atom stereocenters. The first-order chi connectivity index (χ1) is 15.3. The van der Waals surface area contributed by atoms with Gasteiger partial charge in [0.1, 0.15) is 0 Å². The number of halogens is 1. The second kappa shape index (κ2) is 9.17. The number of carbonyl (C=O) groups excluding carboxylic acids is 1. The molecule has 0 spiro atoms. The first-order valence-corrected chi connectivity index (χ1v) is 11.2. The Hall–Kier alpha value is -3.12. The quantitative estimate of drug-likeness (QED) is 0.482. The van der Waals surface area contributed by atoms with Crippen LogP contribution in [0.4, 0.5) is 4.79 Å². The number of carbonyl (C=O) groups is 1. The lowest BCUT2D eigenvalue weighted by molar-refractivity contribution is 0.202. The monoisotopic (exact) mass is 450 g/mol. The first-order valence-electron chi connectivity index (χ1n) is 10.8. The van der Waals surface area contributed by atoms with Crippen LogP contribution in [-0.2, 0) is 0 Å². The Bertz CT molecular complexity index is 1130. The molecule has 0 aliphatic carbocycles. The van der Waals surface area contributed by atoms with Crippen LogP contribution >= 0.6 is 11.6 Å². The molecular formula is C25H27ClN4O2. The van der Waals surface area contributed by atoms with Crippen LogP contribution in [0.15, 0.2) is 58.8 Å². The predicted octanol–water partition coefficient (Wildman–Crippen LogP) is 6.24. The van der Waals surface area contributed by atoms with Crippen LogP contribution in [0, 0.1) is 12.8 Å². The van der Waals surface area contributed by atoms with Crippen molar-refractivity contribution in [2.45, 2.75) is 40.2 Å². The van der Waals surface area contributed by atoms with Crippen molar-refractivity contribution in [3.63, 3.8) is 0 Å². The van der Waals surface area contributed by atoms with E-state index in [-0.39, 0.29) is 12.1 Å². The van der Waals surface area contributed by atoms with Gasteiger partial charge < -0.3 is 9.84 Å². The van der Waals surface area contributed by atoms with Crippen molar-refractivity contribution in [1.29, 1.82) is 0 Å². The summed E-state index contributed by atoms with van der Waals surface area (Å²) in [7, 11) is 0. The number of allylic oxidation sites excluding steroid dienone is 1. The van der Waals surface area contributed by atoms with Crippen LogP contribution in [0.1, 0.15) is 50.3 Å². The number of urea groups is 1. The number of nitrogens with one attached hydrogen (secondary N) is 1. The Morgan fingerprint density at radius 1 is 1.09 bits per heavy atom. The molecule has 2 heterocycles. The van der Waals surface area contributed by atoms with E-state index >= 15 is 0 Å². The van der Waals surface area contributed by atoms with Gasteiger partial charge in [-0.1, -0.05) is 60.4 Å². The maximum absolute atomic E-state index is 13.0. The van der Waals surface area contributed by atoms with Crippen LogP contribution in [0.2, 0.25) is 5.02 Å². The molecule has 0 saturated heterocycles. The van der Waals surface area contributed by atoms with Crippen LogP contribution in [0.25, 0.3) is 17.0 Å². The van der Waals surface area contributed by atoms with Gasteiger partial charge in [0.05, 0.1) is 11.6 Å². The second-order valence-electron chi connectivity index (χ2n) is 8.56. The van der Waals surface area contributed by atoms with Crippen molar-refractivity contribution < 1.29 is 9.32 Å². The number of aryl methyl sites for hydroxylation is 1. The fourth-order valence-corrected chi connectivity index (χ4v) is 3.90. The molecule has 0 radical (unpaired) electrons. The van der Waals surface area contributed by atoms with E-state index in [1.807, 2.05) is 50.2 Å². The minimum absolute atomic E-state index is 0.116. The SMILES string of the molecule is CC1=C(c2nc(-c3ccc(Cl)cc3)no2)C(c2ccc(C)cc2)NC(=O)N1CCC(C)C. The van der Waals surface area contributed by atoms with E-state index in [1.165, 1.54) is 0 Å². The van der Waals surface area contributed by atoms with Crippen molar-refractivity contribution in [2.24, 2.45) is 5.92 Å². The largest absolute Gasteiger partial charge is 0.334 e. The number of benzene rings is 2. The third-order valence-electron chi connectivity index (χ3n) is 5.70. The fourth-order valence-electron chi connectivity index (χ4n) is 3.77. The van der Waals surface area contributed by atoms with Gasteiger partial charge in [-0.15, -0.1) is 0 Å². The summed E-state index contributed by atoms with van der Waals surface area (Å²) in [4.78, 5) is 19.5. The van der Waals surface area contributed by atoms with Gasteiger partial charge in [0.15, 0.2) is 0 Å². The van der Waals surface area contributed by atoms with Crippen LogP contribution in [0.3, 0.4) is 0 Å². The fraction of sp³-hybridized carbons (Fsp3) is 0.320. The van der Waals surface area contributed by atoms with Crippen molar-refractivity contribution in [3.8, 4) is 11.4 Å². The van der Waals surface area contributed by atoms with E-state index in [2.05, 4.69) is 29.3 Å². The number of aromatic nitrogens is 2. The van der Waals surface area contributed by atoms with E-state index in [9.17, 15) is 4.79 Å². The summed E-state index contributed by atoms with van der Waals surface area (Å²) in [6.07, 6.45) is 0.896. The maximum Gasteiger partial charge on any atom is 0.322 e. The molecule has 1 N–H and O–H groups in total. The van der Waals surface area contributed by atoms with Gasteiger partial charge in [0, 0.05) is 22.8 Å². The van der Waals surface area contributed by atoms with Crippen LogP contribution < -0.4 is 5.32 Å². The Morgan fingerprint density at radius 3 is 2.44 bits per heavy atom. The molecule has 7 heteroatoms. The molecule has 166 valence electrons. The van der Waals surface area contributed by atoms with Gasteiger partial charge in [-0.3, -0.25) is 4.90 Å². The van der Waals surface area contributed by atoms with Crippen molar-refractivity contribution in [3.05, 3.63) is 76.3 Å². The van der Waals surface area contributed by atoms with Gasteiger partial charge in [-0.2, -0.15) is 4.98 Å². The van der Waals surface area contributed by atoms with E-state index < -0.39 is 0 Å². The summed E-state index contributed by atoms with van der Waals surface area (Å²) in [6.45, 7) is 8.90. The number of rotatable bonds is 6. The van der Waals surface area contributed by atoms with Gasteiger partial charge >= 0.3 is 6.03 Å². The predicted molar refractivity (Wildman–Crippen MR) is 126 cm³/mol. The molecule has 6 nitrogen and oxygen atoms in total. The Balaban J connectivity index is 1.78. The van der Waals surface area contributed by atoms with Crippen LogP contribution in [0.5, 0.6) is 0 Å². The summed E-state index contributed by atoms with van der Waals surface area (Å²) in [6, 6.07) is 14.9. The molecule has 0 bridgehead atoms. The lowest BCUT2D eigenvalue weighted by atomic mass is 9.94. The Morgan fingerprint density at radius 2 is 1.78 bits per heavy atom. The summed E-state index contributed by atoms with van der Waals surface area (Å²) in [5.74, 6) is 1.35. The van der Waals surface area contributed by atoms with Crippen LogP contribution in [-0.4, -0.2) is 27.6 Å². The molecule has 1 aliphatic rings. The summed E-state index contributed by atoms with van der Waals surface area (Å²) in [5.41, 5.74) is 4.56. The van der Waals surface area contributed by atoms with Gasteiger partial charge in [-0.25, -0.2) is 4.79 Å². The highest BCUT2D eigenvalue weighted by atomic mass is 35.5. The van der Waals surface area contributed by atoms with Crippen molar-refractivity contribution in [2.75, 3.05) is 6.54 Å². The minimum atomic E-state index is -0.378. The third kappa shape index (κ3) is 4.55. The molecule has 3 aromatic rings. The maximum atomic E-state index is 13.0. The molecule has 1 aliphatic heterocycles. The third-order valence-corrected chi connectivity index (χ3v) is 5.95. The topological polar surface area (TPSA) is 71.3 Å². The Labute approximate surface area is 193 Å². The highest BCUT2D eigenvalue weighted by Crippen LogP contribution is 2.37. The molecule has 2 aromatic carbocycles. The molecule has 0 saturated carbocycles. The normalized spacial score (nSPS) is 16.6. The minimum Gasteiger partial charge on any atom is -0.334 e. The zero-order valence-corrected chi connectivity index (χ0v) is 19.5. The molecule has 1 aromatic heterocycles. The summed E-state index contributed by atoms with van der Waals surface area (Å²) < 4.78 is 5.71. The number of nitrogens with zero attached hydrogens (tertiary/aromatic N) is 3. The molecular weight excluding hydrogens is 424 g/mol.